The minimum Gasteiger partial charge on any atom is -0.362 e. The third-order valence-corrected chi connectivity index (χ3v) is 4.36. The molecule has 1 N–H and O–H groups in total. The zero-order valence-electron chi connectivity index (χ0n) is 12.8. The molecule has 116 valence electrons. The number of unbranched alkanes of at least 4 members (excludes halogenated alkanes) is 2. The highest BCUT2D eigenvalue weighted by molar-refractivity contribution is 7.15. The number of nitro groups is 1. The van der Waals surface area contributed by atoms with Crippen molar-refractivity contribution in [3.63, 3.8) is 0 Å². The molecule has 0 bridgehead atoms. The minimum atomic E-state index is -0.376. The van der Waals surface area contributed by atoms with Crippen LogP contribution in [0.3, 0.4) is 0 Å². The molecule has 0 fully saturated rings. The Kier molecular flexibility index (Phi) is 4.82. The Morgan fingerprint density at radius 2 is 2.24 bits per heavy atom. The lowest BCUT2D eigenvalue weighted by atomic mass is 9.87. The van der Waals surface area contributed by atoms with Gasteiger partial charge in [0.15, 0.2) is 0 Å². The zero-order valence-corrected chi connectivity index (χ0v) is 13.6. The van der Waals surface area contributed by atoms with Gasteiger partial charge in [-0.1, -0.05) is 51.4 Å². The normalized spacial score (nSPS) is 12.0. The van der Waals surface area contributed by atoms with Gasteiger partial charge in [-0.05, 0) is 16.8 Å². The monoisotopic (exact) mass is 310 g/mol. The molecule has 6 nitrogen and oxygen atoms in total. The number of rotatable bonds is 8. The van der Waals surface area contributed by atoms with Crippen molar-refractivity contribution >= 4 is 27.9 Å². The first-order chi connectivity index (χ1) is 9.94. The summed E-state index contributed by atoms with van der Waals surface area (Å²) in [7, 11) is 0. The minimum absolute atomic E-state index is 0.0237. The third-order valence-electron chi connectivity index (χ3n) is 3.60. The summed E-state index contributed by atoms with van der Waals surface area (Å²) >= 11 is 1.40. The summed E-state index contributed by atoms with van der Waals surface area (Å²) in [6, 6.07) is 0. The van der Waals surface area contributed by atoms with Crippen molar-refractivity contribution in [1.29, 1.82) is 0 Å². The quantitative estimate of drug-likeness (QED) is 0.447. The second kappa shape index (κ2) is 6.43. The third kappa shape index (κ3) is 3.72. The molecule has 0 aliphatic rings. The van der Waals surface area contributed by atoms with Gasteiger partial charge in [-0.2, -0.15) is 9.38 Å². The van der Waals surface area contributed by atoms with E-state index < -0.39 is 0 Å². The fourth-order valence-corrected chi connectivity index (χ4v) is 3.04. The second-order valence-electron chi connectivity index (χ2n) is 6.07. The average molecular weight is 310 g/mol. The molecule has 0 spiro atoms. The highest BCUT2D eigenvalue weighted by Crippen LogP contribution is 2.30. The Morgan fingerprint density at radius 1 is 1.48 bits per heavy atom. The van der Waals surface area contributed by atoms with Gasteiger partial charge in [-0.15, -0.1) is 0 Å². The van der Waals surface area contributed by atoms with E-state index in [1.807, 2.05) is 0 Å². The van der Waals surface area contributed by atoms with E-state index in [4.69, 9.17) is 0 Å². The van der Waals surface area contributed by atoms with Crippen LogP contribution in [0, 0.1) is 15.5 Å². The van der Waals surface area contributed by atoms with E-state index in [2.05, 4.69) is 31.1 Å². The van der Waals surface area contributed by atoms with E-state index >= 15 is 0 Å². The van der Waals surface area contributed by atoms with E-state index in [1.165, 1.54) is 35.0 Å². The van der Waals surface area contributed by atoms with Crippen molar-refractivity contribution < 1.29 is 4.92 Å². The predicted octanol–water partition coefficient (Wildman–Crippen LogP) is 4.32. The molecule has 0 unspecified atom stereocenters. The molecule has 2 aromatic heterocycles. The maximum absolute atomic E-state index is 11.2. The van der Waals surface area contributed by atoms with Crippen molar-refractivity contribution in [2.24, 2.45) is 5.41 Å². The molecule has 2 rings (SSSR count). The maximum Gasteiger partial charge on any atom is 0.372 e. The van der Waals surface area contributed by atoms with Gasteiger partial charge < -0.3 is 15.4 Å². The van der Waals surface area contributed by atoms with Crippen LogP contribution in [0.2, 0.25) is 0 Å². The van der Waals surface area contributed by atoms with Gasteiger partial charge in [0.1, 0.15) is 6.20 Å². The highest BCUT2D eigenvalue weighted by atomic mass is 32.1. The molecule has 0 aliphatic heterocycles. The lowest BCUT2D eigenvalue weighted by molar-refractivity contribution is -0.389. The first-order valence-corrected chi connectivity index (χ1v) is 8.16. The fraction of sp³-hybridized carbons (Fsp3) is 0.643. The van der Waals surface area contributed by atoms with Crippen molar-refractivity contribution in [1.82, 2.24) is 9.38 Å². The van der Waals surface area contributed by atoms with E-state index in [0.717, 1.165) is 6.42 Å². The fourth-order valence-electron chi connectivity index (χ4n) is 2.33. The topological polar surface area (TPSA) is 72.5 Å². The summed E-state index contributed by atoms with van der Waals surface area (Å²) in [5, 5.41) is 16.2. The van der Waals surface area contributed by atoms with Crippen LogP contribution in [0.4, 0.5) is 11.6 Å². The van der Waals surface area contributed by atoms with E-state index in [-0.39, 0.29) is 16.2 Å². The van der Waals surface area contributed by atoms with Crippen LogP contribution in [0.25, 0.3) is 4.96 Å². The van der Waals surface area contributed by atoms with Gasteiger partial charge in [0.25, 0.3) is 4.96 Å². The molecule has 2 aromatic rings. The van der Waals surface area contributed by atoms with Crippen LogP contribution in [0.5, 0.6) is 0 Å². The van der Waals surface area contributed by atoms with Crippen molar-refractivity contribution in [2.75, 3.05) is 11.9 Å². The molecule has 0 atom stereocenters. The van der Waals surface area contributed by atoms with Gasteiger partial charge in [0, 0.05) is 11.9 Å². The number of hydrogen-bond acceptors (Lipinski definition) is 5. The van der Waals surface area contributed by atoms with E-state index in [0.29, 0.717) is 17.3 Å². The number of thiazole rings is 1. The Morgan fingerprint density at radius 3 is 2.90 bits per heavy atom. The molecule has 0 saturated heterocycles. The molecule has 7 heteroatoms. The van der Waals surface area contributed by atoms with Gasteiger partial charge in [0.05, 0.1) is 0 Å². The molecule has 0 aliphatic carbocycles. The number of anilines is 1. The summed E-state index contributed by atoms with van der Waals surface area (Å²) in [4.78, 5) is 15.8. The molecule has 2 heterocycles. The first kappa shape index (κ1) is 15.8. The summed E-state index contributed by atoms with van der Waals surface area (Å²) < 4.78 is 1.52. The SMILES string of the molecule is CCCCCC(C)(C)CNc1nc2sccn2c1[N+](=O)[O-]. The molecular weight excluding hydrogens is 288 g/mol. The number of hydrogen-bond donors (Lipinski definition) is 1. The lowest BCUT2D eigenvalue weighted by Crippen LogP contribution is -2.23. The Bertz CT molecular complexity index is 618. The van der Waals surface area contributed by atoms with Gasteiger partial charge >= 0.3 is 5.82 Å². The highest BCUT2D eigenvalue weighted by Gasteiger charge is 2.25. The van der Waals surface area contributed by atoms with Gasteiger partial charge in [-0.25, -0.2) is 0 Å². The van der Waals surface area contributed by atoms with Crippen LogP contribution in [-0.2, 0) is 0 Å². The molecular formula is C14H22N4O2S. The van der Waals surface area contributed by atoms with E-state index in [1.54, 1.807) is 11.6 Å². The number of imidazole rings is 1. The van der Waals surface area contributed by atoms with Crippen LogP contribution >= 0.6 is 11.3 Å². The van der Waals surface area contributed by atoms with Gasteiger partial charge in [-0.3, -0.25) is 0 Å². The smallest absolute Gasteiger partial charge is 0.362 e. The first-order valence-electron chi connectivity index (χ1n) is 7.28. The van der Waals surface area contributed by atoms with Crippen LogP contribution in [0.15, 0.2) is 11.6 Å². The Labute approximate surface area is 128 Å². The van der Waals surface area contributed by atoms with Gasteiger partial charge in [0.2, 0.25) is 5.82 Å². The van der Waals surface area contributed by atoms with Crippen LogP contribution in [0.1, 0.15) is 46.5 Å². The van der Waals surface area contributed by atoms with Crippen molar-refractivity contribution in [2.45, 2.75) is 46.5 Å². The molecule has 0 amide bonds. The zero-order chi connectivity index (χ0) is 15.5. The molecule has 0 radical (unpaired) electrons. The second-order valence-corrected chi connectivity index (χ2v) is 6.94. The van der Waals surface area contributed by atoms with Crippen molar-refractivity contribution in [3.05, 3.63) is 21.7 Å². The largest absolute Gasteiger partial charge is 0.372 e. The Hall–Kier alpha value is -1.63. The summed E-state index contributed by atoms with van der Waals surface area (Å²) in [5.41, 5.74) is 0.0973. The standard InChI is InChI=1S/C14H22N4O2S/c1-4-5-6-7-14(2,3)10-15-11-12(18(19)20)17-8-9-21-13(17)16-11/h8-9,15H,4-7,10H2,1-3H3. The molecule has 0 saturated carbocycles. The lowest BCUT2D eigenvalue weighted by Gasteiger charge is -2.24. The molecule has 0 aromatic carbocycles. The van der Waals surface area contributed by atoms with Crippen LogP contribution in [-0.4, -0.2) is 20.9 Å². The predicted molar refractivity (Wildman–Crippen MR) is 86.1 cm³/mol. The summed E-state index contributed by atoms with van der Waals surface area (Å²) in [6.45, 7) is 7.23. The summed E-state index contributed by atoms with van der Waals surface area (Å²) in [5.74, 6) is 0.394. The van der Waals surface area contributed by atoms with E-state index in [9.17, 15) is 10.1 Å². The number of aromatic nitrogens is 2. The number of fused-ring (bicyclic) bond motifs is 1. The average Bonchev–Trinajstić information content (AvgIpc) is 2.95. The van der Waals surface area contributed by atoms with Crippen molar-refractivity contribution in [3.8, 4) is 0 Å². The number of nitrogens with one attached hydrogen (secondary N) is 1. The molecule has 21 heavy (non-hydrogen) atoms. The summed E-state index contributed by atoms with van der Waals surface area (Å²) in [6.07, 6.45) is 6.40. The van der Waals surface area contributed by atoms with Crippen LogP contribution < -0.4 is 5.32 Å². The maximum atomic E-state index is 11.2. The number of nitrogens with zero attached hydrogens (tertiary/aromatic N) is 3. The Balaban J connectivity index is 2.07.